The molecule has 6 aromatic carbocycles. The van der Waals surface area contributed by atoms with Crippen LogP contribution in [0.3, 0.4) is 0 Å². The third kappa shape index (κ3) is 7.30. The second-order valence-electron chi connectivity index (χ2n) is 12.3. The molecule has 53 heavy (non-hydrogen) atoms. The molecule has 0 N–H and O–H groups in total. The number of carbonyl (C=O) groups excluding carboxylic acids is 2. The topological polar surface area (TPSA) is 52.6 Å². The van der Waals surface area contributed by atoms with E-state index in [2.05, 4.69) is 0 Å². The van der Waals surface area contributed by atoms with Crippen molar-refractivity contribution in [2.45, 2.75) is 31.6 Å². The van der Waals surface area contributed by atoms with Gasteiger partial charge >= 0.3 is 12.4 Å². The minimum atomic E-state index is -5.80. The fourth-order valence-electron chi connectivity index (χ4n) is 6.12. The number of hydrogen-bond acceptors (Lipinski definition) is 4. The number of rotatable bonds is 10. The van der Waals surface area contributed by atoms with Gasteiger partial charge in [-0.05, 0) is 109 Å². The molecule has 0 heterocycles. The van der Waals surface area contributed by atoms with Crippen molar-refractivity contribution in [2.24, 2.45) is 0 Å². The molecule has 268 valence electrons. The van der Waals surface area contributed by atoms with E-state index in [9.17, 15) is 35.9 Å². The van der Waals surface area contributed by atoms with E-state index in [-0.39, 0.29) is 34.6 Å². The number of ketones is 2. The predicted molar refractivity (Wildman–Crippen MR) is 188 cm³/mol. The molecule has 0 amide bonds. The SMILES string of the molecule is Cc1ccccc1C(=O)c1ccc(Oc2ccc(C(c3ccc(Oc4ccc(C(=O)c5ccccc5C)cc4)cc3)(C(F)(F)F)C(F)(F)F)cc2)cc1. The smallest absolute Gasteiger partial charge is 0.411 e. The van der Waals surface area contributed by atoms with Crippen LogP contribution in [0.4, 0.5) is 26.3 Å². The highest BCUT2D eigenvalue weighted by Crippen LogP contribution is 2.56. The molecule has 0 saturated heterocycles. The summed E-state index contributed by atoms with van der Waals surface area (Å²) in [6.07, 6.45) is -11.6. The first kappa shape index (κ1) is 36.6. The van der Waals surface area contributed by atoms with E-state index in [1.807, 2.05) is 38.1 Å². The number of halogens is 6. The zero-order valence-corrected chi connectivity index (χ0v) is 28.3. The molecule has 0 unspecified atom stereocenters. The first-order chi connectivity index (χ1) is 25.2. The Bertz CT molecular complexity index is 2080. The van der Waals surface area contributed by atoms with Crippen LogP contribution in [0.5, 0.6) is 23.0 Å². The molecule has 0 radical (unpaired) electrons. The van der Waals surface area contributed by atoms with E-state index in [0.717, 1.165) is 59.7 Å². The number of benzene rings is 6. The summed E-state index contributed by atoms with van der Waals surface area (Å²) in [7, 11) is 0. The Labute approximate surface area is 301 Å². The molecule has 0 bridgehead atoms. The van der Waals surface area contributed by atoms with Crippen molar-refractivity contribution in [1.29, 1.82) is 0 Å². The van der Waals surface area contributed by atoms with Gasteiger partial charge in [0.05, 0.1) is 0 Å². The van der Waals surface area contributed by atoms with Crippen molar-refractivity contribution in [2.75, 3.05) is 0 Å². The number of aryl methyl sites for hydroxylation is 2. The second-order valence-corrected chi connectivity index (χ2v) is 12.3. The van der Waals surface area contributed by atoms with Gasteiger partial charge in [-0.15, -0.1) is 0 Å². The molecule has 6 rings (SSSR count). The lowest BCUT2D eigenvalue weighted by Gasteiger charge is -2.38. The Morgan fingerprint density at radius 2 is 0.698 bits per heavy atom. The molecule has 6 aromatic rings. The average Bonchev–Trinajstić information content (AvgIpc) is 3.13. The predicted octanol–water partition coefficient (Wildman–Crippen LogP) is 11.8. The van der Waals surface area contributed by atoms with E-state index in [4.69, 9.17) is 9.47 Å². The molecule has 0 aliphatic rings. The van der Waals surface area contributed by atoms with Gasteiger partial charge in [0.1, 0.15) is 23.0 Å². The van der Waals surface area contributed by atoms with Crippen LogP contribution in [0.1, 0.15) is 54.1 Å². The van der Waals surface area contributed by atoms with E-state index in [1.165, 1.54) is 48.5 Å². The molecule has 0 atom stereocenters. The number of carbonyl (C=O) groups is 2. The fraction of sp³-hybridized carbons (Fsp3) is 0.116. The maximum atomic E-state index is 14.8. The van der Waals surface area contributed by atoms with Crippen molar-refractivity contribution in [3.63, 3.8) is 0 Å². The summed E-state index contributed by atoms with van der Waals surface area (Å²) in [5.74, 6) is -0.00809. The summed E-state index contributed by atoms with van der Waals surface area (Å²) < 4.78 is 100. The zero-order valence-electron chi connectivity index (χ0n) is 28.3. The van der Waals surface area contributed by atoms with E-state index >= 15 is 0 Å². The first-order valence-electron chi connectivity index (χ1n) is 16.3. The molecule has 0 aromatic heterocycles. The Hall–Kier alpha value is -6.16. The number of hydrogen-bond donors (Lipinski definition) is 0. The number of ether oxygens (including phenoxy) is 2. The van der Waals surface area contributed by atoms with Crippen LogP contribution in [0.15, 0.2) is 146 Å². The lowest BCUT2D eigenvalue weighted by Crippen LogP contribution is -2.54. The van der Waals surface area contributed by atoms with Crippen LogP contribution in [0.25, 0.3) is 0 Å². The lowest BCUT2D eigenvalue weighted by atomic mass is 9.73. The minimum Gasteiger partial charge on any atom is -0.457 e. The third-order valence-corrected chi connectivity index (χ3v) is 8.91. The van der Waals surface area contributed by atoms with Crippen molar-refractivity contribution in [3.05, 3.63) is 190 Å². The van der Waals surface area contributed by atoms with E-state index in [0.29, 0.717) is 22.3 Å². The largest absolute Gasteiger partial charge is 0.457 e. The van der Waals surface area contributed by atoms with Crippen LogP contribution in [0.2, 0.25) is 0 Å². The van der Waals surface area contributed by atoms with Gasteiger partial charge in [-0.1, -0.05) is 72.8 Å². The minimum absolute atomic E-state index is 0.0136. The third-order valence-electron chi connectivity index (χ3n) is 8.91. The normalized spacial score (nSPS) is 11.9. The fourth-order valence-corrected chi connectivity index (χ4v) is 6.12. The Morgan fingerprint density at radius 3 is 0.981 bits per heavy atom. The van der Waals surface area contributed by atoms with Gasteiger partial charge in [-0.2, -0.15) is 26.3 Å². The Morgan fingerprint density at radius 1 is 0.415 bits per heavy atom. The molecule has 4 nitrogen and oxygen atoms in total. The quantitative estimate of drug-likeness (QED) is 0.104. The summed E-state index contributed by atoms with van der Waals surface area (Å²) in [5.41, 5.74) is -3.11. The average molecular weight is 725 g/mol. The number of alkyl halides is 6. The maximum absolute atomic E-state index is 14.8. The van der Waals surface area contributed by atoms with Crippen molar-refractivity contribution >= 4 is 11.6 Å². The molecule has 10 heteroatoms. The van der Waals surface area contributed by atoms with Gasteiger partial charge in [0.2, 0.25) is 5.41 Å². The molecule has 0 saturated carbocycles. The van der Waals surface area contributed by atoms with Crippen molar-refractivity contribution in [1.82, 2.24) is 0 Å². The molecule has 0 aliphatic heterocycles. The van der Waals surface area contributed by atoms with Gasteiger partial charge in [-0.3, -0.25) is 9.59 Å². The van der Waals surface area contributed by atoms with Crippen molar-refractivity contribution in [3.8, 4) is 23.0 Å². The van der Waals surface area contributed by atoms with Gasteiger partial charge in [-0.25, -0.2) is 0 Å². The zero-order chi connectivity index (χ0) is 38.0. The molecular formula is C43H30F6O4. The molecular weight excluding hydrogens is 694 g/mol. The highest BCUT2D eigenvalue weighted by molar-refractivity contribution is 6.10. The summed E-state index contributed by atoms with van der Waals surface area (Å²) >= 11 is 0. The van der Waals surface area contributed by atoms with Crippen molar-refractivity contribution < 1.29 is 45.4 Å². The Balaban J connectivity index is 1.22. The van der Waals surface area contributed by atoms with Crippen LogP contribution >= 0.6 is 0 Å². The van der Waals surface area contributed by atoms with E-state index in [1.54, 1.807) is 24.3 Å². The lowest BCUT2D eigenvalue weighted by molar-refractivity contribution is -0.288. The van der Waals surface area contributed by atoms with Gasteiger partial charge < -0.3 is 9.47 Å². The highest BCUT2D eigenvalue weighted by atomic mass is 19.4. The Kier molecular flexibility index (Phi) is 9.99. The van der Waals surface area contributed by atoms with Crippen LogP contribution < -0.4 is 9.47 Å². The highest BCUT2D eigenvalue weighted by Gasteiger charge is 2.72. The van der Waals surface area contributed by atoms with Crippen LogP contribution in [-0.4, -0.2) is 23.9 Å². The maximum Gasteiger partial charge on any atom is 0.411 e. The van der Waals surface area contributed by atoms with E-state index < -0.39 is 28.9 Å². The summed E-state index contributed by atoms with van der Waals surface area (Å²) in [4.78, 5) is 25.8. The molecule has 0 aliphatic carbocycles. The standard InChI is InChI=1S/C43H30F6O4/c1-27-7-3-5-9-37(27)39(50)29-11-19-33(20-12-29)52-35-23-15-31(16-24-35)41(42(44,45)46,43(47,48)49)32-17-25-36(26-18-32)53-34-21-13-30(14-22-34)40(51)38-10-6-4-8-28(38)2/h3-26H,1-2H3. The summed E-state index contributed by atoms with van der Waals surface area (Å²) in [6, 6.07) is 33.2. The first-order valence-corrected chi connectivity index (χ1v) is 16.3. The monoisotopic (exact) mass is 724 g/mol. The van der Waals surface area contributed by atoms with Gasteiger partial charge in [0.15, 0.2) is 11.6 Å². The van der Waals surface area contributed by atoms with Gasteiger partial charge in [0.25, 0.3) is 0 Å². The summed E-state index contributed by atoms with van der Waals surface area (Å²) in [6.45, 7) is 3.62. The van der Waals surface area contributed by atoms with Crippen LogP contribution in [-0.2, 0) is 5.41 Å². The molecule has 0 fully saturated rings. The summed E-state index contributed by atoms with van der Waals surface area (Å²) in [5, 5.41) is 0. The second kappa shape index (κ2) is 14.5. The molecule has 0 spiro atoms. The van der Waals surface area contributed by atoms with Crippen LogP contribution in [0, 0.1) is 13.8 Å². The van der Waals surface area contributed by atoms with Gasteiger partial charge in [0, 0.05) is 22.3 Å².